The van der Waals surface area contributed by atoms with Gasteiger partial charge in [-0.1, -0.05) is 13.8 Å². The van der Waals surface area contributed by atoms with Gasteiger partial charge in [-0.15, -0.1) is 0 Å². The molecule has 1 rings (SSSR count). The van der Waals surface area contributed by atoms with Gasteiger partial charge in [-0.2, -0.15) is 0 Å². The Hall–Kier alpha value is -2.24. The molecule has 6 nitrogen and oxygen atoms in total. The number of carboxylic acid groups (broad SMARTS) is 1. The first-order valence-electron chi connectivity index (χ1n) is 6.42. The number of hydrogen-bond donors (Lipinski definition) is 3. The molecule has 0 saturated carbocycles. The first-order chi connectivity index (χ1) is 9.40. The van der Waals surface area contributed by atoms with Gasteiger partial charge in [0.2, 0.25) is 0 Å². The van der Waals surface area contributed by atoms with E-state index in [1.807, 2.05) is 0 Å². The van der Waals surface area contributed by atoms with Crippen molar-refractivity contribution in [2.24, 2.45) is 5.92 Å². The van der Waals surface area contributed by atoms with Crippen LogP contribution in [0.3, 0.4) is 0 Å². The van der Waals surface area contributed by atoms with Crippen molar-refractivity contribution in [2.75, 3.05) is 18.9 Å². The lowest BCUT2D eigenvalue weighted by Gasteiger charge is -2.09. The summed E-state index contributed by atoms with van der Waals surface area (Å²) < 4.78 is 5.26. The molecular formula is C14H20N2O4. The molecule has 0 saturated heterocycles. The van der Waals surface area contributed by atoms with E-state index < -0.39 is 5.97 Å². The zero-order valence-electron chi connectivity index (χ0n) is 11.7. The summed E-state index contributed by atoms with van der Waals surface area (Å²) in [7, 11) is 0. The molecular weight excluding hydrogens is 260 g/mol. The van der Waals surface area contributed by atoms with Crippen LogP contribution in [0.25, 0.3) is 0 Å². The largest absolute Gasteiger partial charge is 0.484 e. The fraction of sp³-hybridized carbons (Fsp3) is 0.429. The molecule has 6 heteroatoms. The minimum absolute atomic E-state index is 0.0127. The minimum Gasteiger partial charge on any atom is -0.484 e. The van der Waals surface area contributed by atoms with E-state index in [0.717, 1.165) is 6.42 Å². The van der Waals surface area contributed by atoms with E-state index in [2.05, 4.69) is 19.2 Å². The Morgan fingerprint density at radius 3 is 2.65 bits per heavy atom. The zero-order valence-corrected chi connectivity index (χ0v) is 11.7. The van der Waals surface area contributed by atoms with Crippen LogP contribution in [0.1, 0.15) is 30.6 Å². The van der Waals surface area contributed by atoms with Crippen molar-refractivity contribution in [2.45, 2.75) is 20.3 Å². The maximum absolute atomic E-state index is 11.5. The second-order valence-electron chi connectivity index (χ2n) is 4.88. The molecule has 0 spiro atoms. The Morgan fingerprint density at radius 2 is 2.10 bits per heavy atom. The average molecular weight is 280 g/mol. The van der Waals surface area contributed by atoms with Gasteiger partial charge < -0.3 is 20.9 Å². The van der Waals surface area contributed by atoms with Gasteiger partial charge in [0.05, 0.1) is 5.56 Å². The van der Waals surface area contributed by atoms with Crippen molar-refractivity contribution >= 4 is 17.6 Å². The highest BCUT2D eigenvalue weighted by atomic mass is 16.5. The summed E-state index contributed by atoms with van der Waals surface area (Å²) in [6.45, 7) is 4.65. The molecule has 0 atom stereocenters. The maximum Gasteiger partial charge on any atom is 0.337 e. The summed E-state index contributed by atoms with van der Waals surface area (Å²) in [5.74, 6) is -0.418. The summed E-state index contributed by atoms with van der Waals surface area (Å²) in [6.07, 6.45) is 0.909. The number of anilines is 1. The van der Waals surface area contributed by atoms with E-state index in [-0.39, 0.29) is 23.8 Å². The number of carboxylic acids is 1. The minimum atomic E-state index is -1.10. The van der Waals surface area contributed by atoms with Gasteiger partial charge in [0.1, 0.15) is 5.75 Å². The van der Waals surface area contributed by atoms with E-state index in [1.54, 1.807) is 0 Å². The van der Waals surface area contributed by atoms with Crippen LogP contribution in [0.15, 0.2) is 18.2 Å². The molecule has 110 valence electrons. The third-order valence-corrected chi connectivity index (χ3v) is 2.67. The van der Waals surface area contributed by atoms with Crippen molar-refractivity contribution < 1.29 is 19.4 Å². The first-order valence-corrected chi connectivity index (χ1v) is 6.42. The zero-order chi connectivity index (χ0) is 15.1. The predicted octanol–water partition coefficient (Wildman–Crippen LogP) is 1.51. The lowest BCUT2D eigenvalue weighted by Crippen LogP contribution is -2.30. The number of nitrogens with one attached hydrogen (secondary N) is 1. The maximum atomic E-state index is 11.5. The molecule has 0 radical (unpaired) electrons. The summed E-state index contributed by atoms with van der Waals surface area (Å²) in [5, 5.41) is 11.6. The second kappa shape index (κ2) is 7.37. The van der Waals surface area contributed by atoms with Gasteiger partial charge >= 0.3 is 5.97 Å². The van der Waals surface area contributed by atoms with Gasteiger partial charge in [-0.3, -0.25) is 4.79 Å². The van der Waals surface area contributed by atoms with Crippen molar-refractivity contribution in [3.63, 3.8) is 0 Å². The molecule has 0 heterocycles. The molecule has 0 bridgehead atoms. The van der Waals surface area contributed by atoms with Crippen molar-refractivity contribution in [3.05, 3.63) is 23.8 Å². The molecule has 0 fully saturated rings. The van der Waals surface area contributed by atoms with E-state index in [1.165, 1.54) is 18.2 Å². The standard InChI is InChI=1S/C14H20N2O4/c1-9(2)5-6-16-13(17)8-20-10-3-4-11(14(18)19)12(15)7-10/h3-4,7,9H,5-6,8,15H2,1-2H3,(H,16,17)(H,18,19). The lowest BCUT2D eigenvalue weighted by molar-refractivity contribution is -0.123. The topological polar surface area (TPSA) is 102 Å². The highest BCUT2D eigenvalue weighted by Crippen LogP contribution is 2.19. The molecule has 20 heavy (non-hydrogen) atoms. The highest BCUT2D eigenvalue weighted by Gasteiger charge is 2.09. The van der Waals surface area contributed by atoms with Crippen molar-refractivity contribution in [3.8, 4) is 5.75 Å². The number of carbonyl (C=O) groups is 2. The van der Waals surface area contributed by atoms with Crippen LogP contribution in [-0.4, -0.2) is 30.1 Å². The van der Waals surface area contributed by atoms with Gasteiger partial charge in [0.25, 0.3) is 5.91 Å². The number of amides is 1. The van der Waals surface area contributed by atoms with Crippen LogP contribution in [0.5, 0.6) is 5.75 Å². The molecule has 0 aliphatic rings. The summed E-state index contributed by atoms with van der Waals surface area (Å²) >= 11 is 0. The van der Waals surface area contributed by atoms with Crippen LogP contribution in [0.2, 0.25) is 0 Å². The number of benzene rings is 1. The number of nitrogens with two attached hydrogens (primary N) is 1. The quantitative estimate of drug-likeness (QED) is 0.657. The van der Waals surface area contributed by atoms with Gasteiger partial charge in [0, 0.05) is 18.3 Å². The smallest absolute Gasteiger partial charge is 0.337 e. The fourth-order valence-electron chi connectivity index (χ4n) is 1.53. The number of ether oxygens (including phenoxy) is 1. The Morgan fingerprint density at radius 1 is 1.40 bits per heavy atom. The number of aromatic carboxylic acids is 1. The van der Waals surface area contributed by atoms with E-state index in [4.69, 9.17) is 15.6 Å². The predicted molar refractivity (Wildman–Crippen MR) is 75.8 cm³/mol. The van der Waals surface area contributed by atoms with Gasteiger partial charge in [-0.25, -0.2) is 4.79 Å². The molecule has 1 aromatic rings. The van der Waals surface area contributed by atoms with Gasteiger partial charge in [0.15, 0.2) is 6.61 Å². The molecule has 0 aliphatic heterocycles. The SMILES string of the molecule is CC(C)CCNC(=O)COc1ccc(C(=O)O)c(N)c1. The average Bonchev–Trinajstić information content (AvgIpc) is 2.35. The monoisotopic (exact) mass is 280 g/mol. The third kappa shape index (κ3) is 5.17. The number of hydrogen-bond acceptors (Lipinski definition) is 4. The number of carbonyl (C=O) groups excluding carboxylic acids is 1. The lowest BCUT2D eigenvalue weighted by atomic mass is 10.1. The van der Waals surface area contributed by atoms with Crippen molar-refractivity contribution in [1.29, 1.82) is 0 Å². The Bertz CT molecular complexity index is 486. The molecule has 1 amide bonds. The highest BCUT2D eigenvalue weighted by molar-refractivity contribution is 5.93. The molecule has 1 aromatic carbocycles. The van der Waals surface area contributed by atoms with Crippen LogP contribution in [0.4, 0.5) is 5.69 Å². The van der Waals surface area contributed by atoms with Crippen molar-refractivity contribution in [1.82, 2.24) is 5.32 Å². The Kier molecular flexibility index (Phi) is 5.83. The fourth-order valence-corrected chi connectivity index (χ4v) is 1.53. The number of nitrogen functional groups attached to an aromatic ring is 1. The molecule has 0 aromatic heterocycles. The summed E-state index contributed by atoms with van der Waals surface area (Å²) in [6, 6.07) is 4.22. The van der Waals surface area contributed by atoms with Crippen LogP contribution >= 0.6 is 0 Å². The number of rotatable bonds is 7. The Balaban J connectivity index is 2.44. The van der Waals surface area contributed by atoms with Gasteiger partial charge in [-0.05, 0) is 24.5 Å². The first kappa shape index (κ1) is 15.8. The van der Waals surface area contributed by atoms with Crippen LogP contribution in [0, 0.1) is 5.92 Å². The second-order valence-corrected chi connectivity index (χ2v) is 4.88. The molecule has 0 aliphatic carbocycles. The van der Waals surface area contributed by atoms with Crippen LogP contribution in [-0.2, 0) is 4.79 Å². The van der Waals surface area contributed by atoms with E-state index in [0.29, 0.717) is 18.2 Å². The molecule has 4 N–H and O–H groups in total. The summed E-state index contributed by atoms with van der Waals surface area (Å²) in [5.41, 5.74) is 5.70. The third-order valence-electron chi connectivity index (χ3n) is 2.67. The summed E-state index contributed by atoms with van der Waals surface area (Å²) in [4.78, 5) is 22.3. The normalized spacial score (nSPS) is 10.3. The van der Waals surface area contributed by atoms with E-state index in [9.17, 15) is 9.59 Å². The molecule has 0 unspecified atom stereocenters. The van der Waals surface area contributed by atoms with Crippen LogP contribution < -0.4 is 15.8 Å². The van der Waals surface area contributed by atoms with E-state index >= 15 is 0 Å². The Labute approximate surface area is 117 Å².